The normalized spacial score (nSPS) is 17.8. The van der Waals surface area contributed by atoms with Crippen molar-refractivity contribution < 1.29 is 14.3 Å². The molecule has 0 radical (unpaired) electrons. The number of likely N-dealkylation sites (tertiary alicyclic amines) is 1. The van der Waals surface area contributed by atoms with E-state index in [0.29, 0.717) is 13.1 Å². The molecular weight excluding hydrogens is 352 g/mol. The van der Waals surface area contributed by atoms with E-state index in [-0.39, 0.29) is 24.0 Å². The van der Waals surface area contributed by atoms with Gasteiger partial charge in [-0.1, -0.05) is 30.3 Å². The summed E-state index contributed by atoms with van der Waals surface area (Å²) in [6.07, 6.45) is 5.18. The molecule has 28 heavy (non-hydrogen) atoms. The Morgan fingerprint density at radius 3 is 2.54 bits per heavy atom. The molecule has 1 aliphatic rings. The largest absolute Gasteiger partial charge is 0.444 e. The third-order valence-corrected chi connectivity index (χ3v) is 4.75. The summed E-state index contributed by atoms with van der Waals surface area (Å²) in [5, 5.41) is 0. The number of carbonyl (C=O) groups excluding carboxylic acids is 2. The van der Waals surface area contributed by atoms with E-state index in [4.69, 9.17) is 4.74 Å². The van der Waals surface area contributed by atoms with Crippen molar-refractivity contribution in [3.05, 3.63) is 42.0 Å². The van der Waals surface area contributed by atoms with E-state index in [1.807, 2.05) is 75.9 Å². The molecule has 0 saturated carbocycles. The summed E-state index contributed by atoms with van der Waals surface area (Å²) < 4.78 is 5.56. The van der Waals surface area contributed by atoms with Crippen LogP contribution in [0.15, 0.2) is 36.4 Å². The van der Waals surface area contributed by atoms with Crippen molar-refractivity contribution in [2.75, 3.05) is 19.6 Å². The molecule has 1 aromatic rings. The minimum atomic E-state index is -0.513. The van der Waals surface area contributed by atoms with Crippen molar-refractivity contribution in [3.8, 4) is 0 Å². The third-order valence-electron chi connectivity index (χ3n) is 4.75. The smallest absolute Gasteiger partial charge is 0.410 e. The van der Waals surface area contributed by atoms with Gasteiger partial charge in [0.1, 0.15) is 5.60 Å². The summed E-state index contributed by atoms with van der Waals surface area (Å²) in [7, 11) is 0. The van der Waals surface area contributed by atoms with Crippen LogP contribution in [0.3, 0.4) is 0 Å². The fourth-order valence-corrected chi connectivity index (χ4v) is 3.35. The second-order valence-corrected chi connectivity index (χ2v) is 8.76. The van der Waals surface area contributed by atoms with Crippen LogP contribution in [-0.2, 0) is 9.53 Å². The maximum absolute atomic E-state index is 12.6. The van der Waals surface area contributed by atoms with Gasteiger partial charge >= 0.3 is 6.09 Å². The zero-order valence-corrected chi connectivity index (χ0v) is 17.9. The van der Waals surface area contributed by atoms with Gasteiger partial charge in [-0.2, -0.15) is 0 Å². The lowest BCUT2D eigenvalue weighted by atomic mass is 9.97. The van der Waals surface area contributed by atoms with Gasteiger partial charge in [-0.05, 0) is 65.0 Å². The Hall–Kier alpha value is -2.30. The first-order valence-electron chi connectivity index (χ1n) is 10.2. The van der Waals surface area contributed by atoms with Crippen LogP contribution in [0.5, 0.6) is 0 Å². The fourth-order valence-electron chi connectivity index (χ4n) is 3.35. The molecule has 5 heteroatoms. The van der Waals surface area contributed by atoms with E-state index >= 15 is 0 Å². The zero-order chi connectivity index (χ0) is 20.7. The van der Waals surface area contributed by atoms with Crippen LogP contribution < -0.4 is 0 Å². The molecule has 0 aliphatic carbocycles. The van der Waals surface area contributed by atoms with Gasteiger partial charge in [-0.15, -0.1) is 0 Å². The Bertz CT molecular complexity index is 677. The number of hydrogen-bond acceptors (Lipinski definition) is 3. The first-order chi connectivity index (χ1) is 13.2. The minimum Gasteiger partial charge on any atom is -0.444 e. The number of piperidine rings is 1. The van der Waals surface area contributed by atoms with Crippen LogP contribution in [-0.4, -0.2) is 53.1 Å². The molecule has 154 valence electrons. The molecule has 1 aliphatic heterocycles. The molecule has 0 spiro atoms. The summed E-state index contributed by atoms with van der Waals surface area (Å²) in [5.41, 5.74) is 0.501. The number of amides is 2. The highest BCUT2D eigenvalue weighted by Crippen LogP contribution is 2.21. The van der Waals surface area contributed by atoms with E-state index in [1.54, 1.807) is 11.0 Å². The van der Waals surface area contributed by atoms with E-state index in [2.05, 4.69) is 0 Å². The second kappa shape index (κ2) is 9.76. The van der Waals surface area contributed by atoms with Crippen LogP contribution in [0.1, 0.15) is 53.0 Å². The number of benzene rings is 1. The van der Waals surface area contributed by atoms with Crippen molar-refractivity contribution >= 4 is 18.1 Å². The van der Waals surface area contributed by atoms with Gasteiger partial charge < -0.3 is 14.5 Å². The predicted molar refractivity (Wildman–Crippen MR) is 113 cm³/mol. The maximum atomic E-state index is 12.6. The van der Waals surface area contributed by atoms with E-state index in [9.17, 15) is 9.59 Å². The summed E-state index contributed by atoms with van der Waals surface area (Å²) >= 11 is 0. The predicted octanol–water partition coefficient (Wildman–Crippen LogP) is 4.58. The standard InChI is InChI=1S/C23H34N2O3/c1-18(2)25(22(27)28-23(3,4)5)17-20-12-9-15-24(16-20)21(26)14-13-19-10-7-6-8-11-19/h6-8,10-11,13-14,18,20H,9,12,15-17H2,1-5H3/b14-13+. The molecule has 1 aromatic carbocycles. The van der Waals surface area contributed by atoms with Crippen LogP contribution >= 0.6 is 0 Å². The van der Waals surface area contributed by atoms with Gasteiger partial charge in [0, 0.05) is 31.8 Å². The van der Waals surface area contributed by atoms with Crippen LogP contribution in [0, 0.1) is 5.92 Å². The van der Waals surface area contributed by atoms with Crippen LogP contribution in [0.4, 0.5) is 4.79 Å². The van der Waals surface area contributed by atoms with Gasteiger partial charge in [-0.25, -0.2) is 4.79 Å². The molecular formula is C23H34N2O3. The Morgan fingerprint density at radius 1 is 1.25 bits per heavy atom. The van der Waals surface area contributed by atoms with E-state index in [1.165, 1.54) is 0 Å². The summed E-state index contributed by atoms with van der Waals surface area (Å²) in [6, 6.07) is 9.88. The van der Waals surface area contributed by atoms with Gasteiger partial charge in [0.25, 0.3) is 0 Å². The zero-order valence-electron chi connectivity index (χ0n) is 17.9. The Kier molecular flexibility index (Phi) is 7.67. The summed E-state index contributed by atoms with van der Waals surface area (Å²) in [4.78, 5) is 28.8. The molecule has 1 atom stereocenters. The van der Waals surface area contributed by atoms with Crippen LogP contribution in [0.2, 0.25) is 0 Å². The monoisotopic (exact) mass is 386 g/mol. The average Bonchev–Trinajstić information content (AvgIpc) is 2.63. The molecule has 5 nitrogen and oxygen atoms in total. The topological polar surface area (TPSA) is 49.9 Å². The van der Waals surface area contributed by atoms with E-state index < -0.39 is 5.60 Å². The number of ether oxygens (including phenoxy) is 1. The second-order valence-electron chi connectivity index (χ2n) is 8.76. The molecule has 1 heterocycles. The van der Waals surface area contributed by atoms with Crippen molar-refractivity contribution in [3.63, 3.8) is 0 Å². The van der Waals surface area contributed by atoms with Crippen molar-refractivity contribution in [1.82, 2.24) is 9.80 Å². The molecule has 0 aromatic heterocycles. The molecule has 0 bridgehead atoms. The SMILES string of the molecule is CC(C)N(CC1CCCN(C(=O)/C=C/c2ccccc2)C1)C(=O)OC(C)(C)C. The lowest BCUT2D eigenvalue weighted by molar-refractivity contribution is -0.127. The Labute approximate surface area is 169 Å². The molecule has 2 rings (SSSR count). The van der Waals surface area contributed by atoms with Gasteiger partial charge in [0.05, 0.1) is 0 Å². The van der Waals surface area contributed by atoms with Crippen molar-refractivity contribution in [2.45, 2.75) is 59.1 Å². The first kappa shape index (κ1) is 22.0. The van der Waals surface area contributed by atoms with Crippen molar-refractivity contribution in [1.29, 1.82) is 0 Å². The highest BCUT2D eigenvalue weighted by molar-refractivity contribution is 5.91. The van der Waals surface area contributed by atoms with Crippen LogP contribution in [0.25, 0.3) is 6.08 Å². The number of hydrogen-bond donors (Lipinski definition) is 0. The third kappa shape index (κ3) is 7.02. The summed E-state index contributed by atoms with van der Waals surface area (Å²) in [6.45, 7) is 11.7. The molecule has 1 saturated heterocycles. The van der Waals surface area contributed by atoms with Crippen molar-refractivity contribution in [2.24, 2.45) is 5.92 Å². The maximum Gasteiger partial charge on any atom is 0.410 e. The first-order valence-corrected chi connectivity index (χ1v) is 10.2. The average molecular weight is 387 g/mol. The quantitative estimate of drug-likeness (QED) is 0.696. The molecule has 1 unspecified atom stereocenters. The van der Waals surface area contributed by atoms with E-state index in [0.717, 1.165) is 24.9 Å². The van der Waals surface area contributed by atoms with Gasteiger partial charge in [-0.3, -0.25) is 4.79 Å². The Balaban J connectivity index is 1.96. The minimum absolute atomic E-state index is 0.0296. The van der Waals surface area contributed by atoms with Gasteiger partial charge in [0.15, 0.2) is 0 Å². The lowest BCUT2D eigenvalue weighted by Crippen LogP contribution is -2.47. The Morgan fingerprint density at radius 2 is 1.93 bits per heavy atom. The number of nitrogens with zero attached hydrogens (tertiary/aromatic N) is 2. The lowest BCUT2D eigenvalue weighted by Gasteiger charge is -2.37. The highest BCUT2D eigenvalue weighted by atomic mass is 16.6. The number of rotatable bonds is 5. The molecule has 2 amide bonds. The summed E-state index contributed by atoms with van der Waals surface area (Å²) in [5.74, 6) is 0.291. The highest BCUT2D eigenvalue weighted by Gasteiger charge is 2.29. The molecule has 1 fully saturated rings. The van der Waals surface area contributed by atoms with Gasteiger partial charge in [0.2, 0.25) is 5.91 Å². The number of carbonyl (C=O) groups is 2. The molecule has 0 N–H and O–H groups in total. The fraction of sp³-hybridized carbons (Fsp3) is 0.565.